The minimum atomic E-state index is 0.886. The Morgan fingerprint density at radius 2 is 1.33 bits per heavy atom. The quantitative estimate of drug-likeness (QED) is 0.408. The molecule has 0 radical (unpaired) electrons. The van der Waals surface area contributed by atoms with Gasteiger partial charge in [0.25, 0.3) is 0 Å². The van der Waals surface area contributed by atoms with Crippen LogP contribution in [-0.4, -0.2) is 7.11 Å². The van der Waals surface area contributed by atoms with Crippen LogP contribution in [0.15, 0.2) is 78.9 Å². The van der Waals surface area contributed by atoms with E-state index in [4.69, 9.17) is 4.74 Å². The van der Waals surface area contributed by atoms with Crippen molar-refractivity contribution >= 4 is 11.1 Å². The summed E-state index contributed by atoms with van der Waals surface area (Å²) in [4.78, 5) is 0. The maximum Gasteiger partial charge on any atom is 0.118 e. The molecule has 0 unspecified atom stereocenters. The predicted octanol–water partition coefficient (Wildman–Crippen LogP) is 7.15. The van der Waals surface area contributed by atoms with E-state index in [0.29, 0.717) is 0 Å². The van der Waals surface area contributed by atoms with Gasteiger partial charge in [0.15, 0.2) is 0 Å². The molecule has 0 aromatic heterocycles. The van der Waals surface area contributed by atoms with E-state index in [9.17, 15) is 0 Å². The van der Waals surface area contributed by atoms with Crippen LogP contribution < -0.4 is 4.74 Å². The minimum Gasteiger partial charge on any atom is -0.497 e. The largest absolute Gasteiger partial charge is 0.497 e. The number of aryl methyl sites for hydroxylation is 1. The third kappa shape index (κ3) is 4.68. The zero-order chi connectivity index (χ0) is 19.1. The van der Waals surface area contributed by atoms with E-state index in [1.807, 2.05) is 12.1 Å². The van der Waals surface area contributed by atoms with Gasteiger partial charge in [-0.3, -0.25) is 0 Å². The standard InChI is InChI=1S/C26H28O/c1-4-5-11-25(21-14-12-20(2)13-15-21)26(22-9-7-6-8-10-22)23-16-18-24(27-3)19-17-23/h6-10,12-19H,4-5,11H2,1-3H3/b26-25+. The third-order valence-corrected chi connectivity index (χ3v) is 4.92. The molecular formula is C26H28O. The van der Waals surface area contributed by atoms with E-state index in [1.165, 1.54) is 46.2 Å². The smallest absolute Gasteiger partial charge is 0.118 e. The van der Waals surface area contributed by atoms with Gasteiger partial charge in [-0.15, -0.1) is 0 Å². The van der Waals surface area contributed by atoms with Crippen molar-refractivity contribution in [3.8, 4) is 5.75 Å². The van der Waals surface area contributed by atoms with Gasteiger partial charge in [0, 0.05) is 0 Å². The normalized spacial score (nSPS) is 11.8. The summed E-state index contributed by atoms with van der Waals surface area (Å²) in [5.41, 5.74) is 7.81. The second-order valence-corrected chi connectivity index (χ2v) is 6.92. The van der Waals surface area contributed by atoms with E-state index in [1.54, 1.807) is 7.11 Å². The highest BCUT2D eigenvalue weighted by molar-refractivity contribution is 5.98. The molecule has 0 fully saturated rings. The molecule has 1 nitrogen and oxygen atoms in total. The highest BCUT2D eigenvalue weighted by atomic mass is 16.5. The van der Waals surface area contributed by atoms with Crippen molar-refractivity contribution in [3.63, 3.8) is 0 Å². The molecule has 0 aliphatic heterocycles. The van der Waals surface area contributed by atoms with Gasteiger partial charge in [-0.1, -0.05) is 85.6 Å². The Morgan fingerprint density at radius 3 is 1.93 bits per heavy atom. The highest BCUT2D eigenvalue weighted by Crippen LogP contribution is 2.36. The topological polar surface area (TPSA) is 9.23 Å². The highest BCUT2D eigenvalue weighted by Gasteiger charge is 2.14. The van der Waals surface area contributed by atoms with Gasteiger partial charge in [0.2, 0.25) is 0 Å². The summed E-state index contributed by atoms with van der Waals surface area (Å²) in [6, 6.07) is 28.1. The summed E-state index contributed by atoms with van der Waals surface area (Å²) in [5, 5.41) is 0. The van der Waals surface area contributed by atoms with Crippen LogP contribution >= 0.6 is 0 Å². The molecule has 0 saturated heterocycles. The van der Waals surface area contributed by atoms with Crippen molar-refractivity contribution in [1.29, 1.82) is 0 Å². The molecule has 0 spiro atoms. The summed E-state index contributed by atoms with van der Waals surface area (Å²) in [7, 11) is 1.71. The molecule has 0 bridgehead atoms. The number of allylic oxidation sites excluding steroid dienone is 1. The summed E-state index contributed by atoms with van der Waals surface area (Å²) in [6.45, 7) is 4.39. The van der Waals surface area contributed by atoms with E-state index in [2.05, 4.69) is 80.6 Å². The SMILES string of the molecule is CCCC/C(=C(/c1ccccc1)c1ccc(OC)cc1)c1ccc(C)cc1. The molecular weight excluding hydrogens is 328 g/mol. The minimum absolute atomic E-state index is 0.886. The Balaban J connectivity index is 2.22. The lowest BCUT2D eigenvalue weighted by Crippen LogP contribution is -1.96. The number of methoxy groups -OCH3 is 1. The molecule has 0 aliphatic carbocycles. The maximum atomic E-state index is 5.36. The Bertz CT molecular complexity index is 872. The van der Waals surface area contributed by atoms with Crippen molar-refractivity contribution in [2.24, 2.45) is 0 Å². The van der Waals surface area contributed by atoms with E-state index in [0.717, 1.165) is 12.2 Å². The average molecular weight is 357 g/mol. The van der Waals surface area contributed by atoms with Crippen molar-refractivity contribution in [2.75, 3.05) is 7.11 Å². The summed E-state index contributed by atoms with van der Waals surface area (Å²) in [6.07, 6.45) is 3.42. The monoisotopic (exact) mass is 356 g/mol. The second kappa shape index (κ2) is 9.23. The van der Waals surface area contributed by atoms with Crippen LogP contribution in [0.4, 0.5) is 0 Å². The maximum absolute atomic E-state index is 5.36. The number of hydrogen-bond donors (Lipinski definition) is 0. The summed E-state index contributed by atoms with van der Waals surface area (Å²) in [5.74, 6) is 0.886. The molecule has 27 heavy (non-hydrogen) atoms. The number of ether oxygens (including phenoxy) is 1. The lowest BCUT2D eigenvalue weighted by molar-refractivity contribution is 0.415. The van der Waals surface area contributed by atoms with Crippen molar-refractivity contribution < 1.29 is 4.74 Å². The number of benzene rings is 3. The summed E-state index contributed by atoms with van der Waals surface area (Å²) >= 11 is 0. The zero-order valence-electron chi connectivity index (χ0n) is 16.5. The molecule has 0 heterocycles. The molecule has 3 aromatic carbocycles. The molecule has 0 saturated carbocycles. The first-order valence-corrected chi connectivity index (χ1v) is 9.73. The fourth-order valence-corrected chi connectivity index (χ4v) is 3.40. The molecule has 0 atom stereocenters. The lowest BCUT2D eigenvalue weighted by atomic mass is 9.87. The zero-order valence-corrected chi connectivity index (χ0v) is 16.5. The Morgan fingerprint density at radius 1 is 0.741 bits per heavy atom. The van der Waals surface area contributed by atoms with Gasteiger partial charge in [0.05, 0.1) is 7.11 Å². The fraction of sp³-hybridized carbons (Fsp3) is 0.231. The number of rotatable bonds is 7. The van der Waals surface area contributed by atoms with Gasteiger partial charge < -0.3 is 4.74 Å². The first-order chi connectivity index (χ1) is 13.2. The van der Waals surface area contributed by atoms with Crippen LogP contribution in [0.25, 0.3) is 11.1 Å². The van der Waals surface area contributed by atoms with Crippen LogP contribution in [0, 0.1) is 6.92 Å². The third-order valence-electron chi connectivity index (χ3n) is 4.92. The molecule has 1 heteroatoms. The molecule has 3 aromatic rings. The number of unbranched alkanes of at least 4 members (excludes halogenated alkanes) is 1. The van der Waals surface area contributed by atoms with Gasteiger partial charge in [-0.2, -0.15) is 0 Å². The van der Waals surface area contributed by atoms with Gasteiger partial charge >= 0.3 is 0 Å². The summed E-state index contributed by atoms with van der Waals surface area (Å²) < 4.78 is 5.36. The van der Waals surface area contributed by atoms with E-state index >= 15 is 0 Å². The predicted molar refractivity (Wildman–Crippen MR) is 116 cm³/mol. The van der Waals surface area contributed by atoms with E-state index in [-0.39, 0.29) is 0 Å². The van der Waals surface area contributed by atoms with Crippen LogP contribution in [-0.2, 0) is 0 Å². The molecule has 3 rings (SSSR count). The van der Waals surface area contributed by atoms with Crippen LogP contribution in [0.5, 0.6) is 5.75 Å². The Labute approximate surface area is 163 Å². The van der Waals surface area contributed by atoms with Gasteiger partial charge in [-0.05, 0) is 59.7 Å². The fourth-order valence-electron chi connectivity index (χ4n) is 3.40. The first kappa shape index (κ1) is 19.0. The van der Waals surface area contributed by atoms with Crippen molar-refractivity contribution in [2.45, 2.75) is 33.1 Å². The van der Waals surface area contributed by atoms with Crippen LogP contribution in [0.3, 0.4) is 0 Å². The molecule has 0 amide bonds. The molecule has 0 aliphatic rings. The second-order valence-electron chi connectivity index (χ2n) is 6.92. The van der Waals surface area contributed by atoms with Crippen molar-refractivity contribution in [3.05, 3.63) is 101 Å². The average Bonchev–Trinajstić information content (AvgIpc) is 2.73. The first-order valence-electron chi connectivity index (χ1n) is 9.73. The Kier molecular flexibility index (Phi) is 6.49. The van der Waals surface area contributed by atoms with Gasteiger partial charge in [0.1, 0.15) is 5.75 Å². The Hall–Kier alpha value is -2.80. The number of hydrogen-bond acceptors (Lipinski definition) is 1. The van der Waals surface area contributed by atoms with Gasteiger partial charge in [-0.25, -0.2) is 0 Å². The van der Waals surface area contributed by atoms with Crippen LogP contribution in [0.1, 0.15) is 48.4 Å². The lowest BCUT2D eigenvalue weighted by Gasteiger charge is -2.18. The van der Waals surface area contributed by atoms with E-state index < -0.39 is 0 Å². The van der Waals surface area contributed by atoms with Crippen LogP contribution in [0.2, 0.25) is 0 Å². The van der Waals surface area contributed by atoms with Crippen molar-refractivity contribution in [1.82, 2.24) is 0 Å². The molecule has 138 valence electrons. The molecule has 0 N–H and O–H groups in total.